The third kappa shape index (κ3) is 23.9. The lowest BCUT2D eigenvalue weighted by molar-refractivity contribution is -0.313. The molecule has 0 spiro atoms. The zero-order valence-electron chi connectivity index (χ0n) is 50.0. The van der Waals surface area contributed by atoms with Gasteiger partial charge < -0.3 is 101 Å². The van der Waals surface area contributed by atoms with Crippen LogP contribution in [0.4, 0.5) is 0 Å². The zero-order chi connectivity index (χ0) is 62.6. The smallest absolute Gasteiger partial charge is 0.333 e. The molecule has 27 atom stereocenters. The Labute approximate surface area is 490 Å². The van der Waals surface area contributed by atoms with Crippen molar-refractivity contribution in [1.82, 2.24) is 0 Å². The minimum atomic E-state index is -1.88. The van der Waals surface area contributed by atoms with Crippen LogP contribution in [0.15, 0.2) is 59.8 Å². The first-order chi connectivity index (χ1) is 38.9. The van der Waals surface area contributed by atoms with Gasteiger partial charge >= 0.3 is 11.9 Å². The molecule has 3 aliphatic rings. The summed E-state index contributed by atoms with van der Waals surface area (Å²) in [6, 6.07) is 0. The van der Waals surface area contributed by atoms with Gasteiger partial charge in [0, 0.05) is 66.8 Å². The van der Waals surface area contributed by atoms with Gasteiger partial charge in [0.25, 0.3) is 0 Å². The van der Waals surface area contributed by atoms with Crippen LogP contribution in [0.1, 0.15) is 139 Å². The van der Waals surface area contributed by atoms with E-state index in [2.05, 4.69) is 0 Å². The minimum absolute atomic E-state index is 0.118. The molecule has 16 N–H and O–H groups in total. The molecule has 0 amide bonds. The van der Waals surface area contributed by atoms with E-state index in [0.29, 0.717) is 37.7 Å². The molecule has 0 bridgehead atoms. The fourth-order valence-corrected chi connectivity index (χ4v) is 10.9. The summed E-state index contributed by atoms with van der Waals surface area (Å²) in [4.78, 5) is 25.5. The summed E-state index contributed by atoms with van der Waals surface area (Å²) in [7, 11) is 0. The number of cyclic esters (lactones) is 2. The van der Waals surface area contributed by atoms with Crippen LogP contribution in [0.25, 0.3) is 0 Å². The second-order valence-electron chi connectivity index (χ2n) is 24.3. The Bertz CT molecular complexity index is 2050. The molecular formula is C61H104O22. The molecule has 3 aliphatic heterocycles. The van der Waals surface area contributed by atoms with Crippen molar-refractivity contribution in [2.75, 3.05) is 6.61 Å². The van der Waals surface area contributed by atoms with Crippen LogP contribution in [0.3, 0.4) is 0 Å². The highest BCUT2D eigenvalue weighted by Gasteiger charge is 2.46. The standard InChI is InChI=1S/C61H104O22/c1-31-14-10-11-18-45(68)36(6)55(74)32(2)15-12-16-34(4)60(79)81-49(39(9)50-22-23-53(72)80-50)19-13-17-40(63)25-41(64)27-46(69)37(7)56(75)38(8)47(70)28-42(65)26-43(66)29-48(71)51(24-35(5)54(73)33(3)20-21-44(31)67)82-61-59(78)58(77)57(76)52(30-62)83-61/h10,13-14,16-17,20-21,24,31-33,36-52,54-59,61-71,73-78H,11-12,15,18-19,22-23,25-30H2,1-9H3/b14-10+,17-13+,21-20+,34-16+,35-24+/t31-,32-,33-,36-,37-,38-,39-,40+,41-,42-,43-,44-,45-,46+,47-,48+,49-,50+,51-,52+,54+,55+,56-,57+,58-,59-,61-/m0/s1. The highest BCUT2D eigenvalue weighted by Crippen LogP contribution is 2.31. The van der Waals surface area contributed by atoms with Gasteiger partial charge in [0.1, 0.15) is 42.7 Å². The largest absolute Gasteiger partial charge is 0.462 e. The lowest BCUT2D eigenvalue weighted by Crippen LogP contribution is -2.60. The first-order valence-electron chi connectivity index (χ1n) is 29.8. The Morgan fingerprint density at radius 2 is 1.17 bits per heavy atom. The highest BCUT2D eigenvalue weighted by molar-refractivity contribution is 5.87. The second kappa shape index (κ2) is 36.3. The minimum Gasteiger partial charge on any atom is -0.462 e. The first kappa shape index (κ1) is 74.2. The van der Waals surface area contributed by atoms with Gasteiger partial charge in [0.15, 0.2) is 6.29 Å². The van der Waals surface area contributed by atoms with Crippen molar-refractivity contribution >= 4 is 11.9 Å². The topological polar surface area (TPSA) is 395 Å². The third-order valence-corrected chi connectivity index (χ3v) is 17.2. The average Bonchev–Trinajstić information content (AvgIpc) is 4.00. The summed E-state index contributed by atoms with van der Waals surface area (Å²) in [5.41, 5.74) is 0.540. The molecule has 0 unspecified atom stereocenters. The summed E-state index contributed by atoms with van der Waals surface area (Å²) >= 11 is 0. The van der Waals surface area contributed by atoms with E-state index < -0.39 is 183 Å². The number of hydrogen-bond donors (Lipinski definition) is 16. The van der Waals surface area contributed by atoms with Crippen LogP contribution < -0.4 is 0 Å². The van der Waals surface area contributed by atoms with Gasteiger partial charge in [-0.25, -0.2) is 4.79 Å². The molecule has 83 heavy (non-hydrogen) atoms. The third-order valence-electron chi connectivity index (χ3n) is 17.2. The number of allylic oxidation sites excluding steroid dienone is 2. The quantitative estimate of drug-likeness (QED) is 0.135. The van der Waals surface area contributed by atoms with E-state index in [9.17, 15) is 91.3 Å². The predicted molar refractivity (Wildman–Crippen MR) is 305 cm³/mol. The van der Waals surface area contributed by atoms with Crippen molar-refractivity contribution in [3.63, 3.8) is 0 Å². The van der Waals surface area contributed by atoms with Crippen molar-refractivity contribution in [2.24, 2.45) is 41.4 Å². The van der Waals surface area contributed by atoms with Gasteiger partial charge in [-0.3, -0.25) is 4.79 Å². The van der Waals surface area contributed by atoms with Crippen molar-refractivity contribution < 1.29 is 110 Å². The molecule has 0 aromatic rings. The molecule has 480 valence electrons. The van der Waals surface area contributed by atoms with Gasteiger partial charge in [0.2, 0.25) is 0 Å². The zero-order valence-corrected chi connectivity index (χ0v) is 50.0. The van der Waals surface area contributed by atoms with E-state index in [1.165, 1.54) is 39.0 Å². The Kier molecular flexibility index (Phi) is 32.4. The molecule has 3 rings (SSSR count). The first-order valence-corrected chi connectivity index (χ1v) is 29.8. The molecule has 0 aliphatic carbocycles. The van der Waals surface area contributed by atoms with Gasteiger partial charge in [-0.15, -0.1) is 0 Å². The van der Waals surface area contributed by atoms with Crippen LogP contribution >= 0.6 is 0 Å². The Hall–Kier alpha value is -3.08. The van der Waals surface area contributed by atoms with E-state index in [4.69, 9.17) is 18.9 Å². The summed E-state index contributed by atoms with van der Waals surface area (Å²) in [6.07, 6.45) is -13.0. The van der Waals surface area contributed by atoms with Crippen LogP contribution in [-0.4, -0.2) is 223 Å². The molecule has 0 radical (unpaired) electrons. The van der Waals surface area contributed by atoms with E-state index in [0.717, 1.165) is 0 Å². The molecule has 0 aromatic heterocycles. The monoisotopic (exact) mass is 1190 g/mol. The van der Waals surface area contributed by atoms with Crippen LogP contribution in [0.2, 0.25) is 0 Å². The Morgan fingerprint density at radius 3 is 1.76 bits per heavy atom. The second-order valence-corrected chi connectivity index (χ2v) is 24.3. The number of aliphatic hydroxyl groups is 16. The lowest BCUT2D eigenvalue weighted by Gasteiger charge is -2.41. The fraction of sp³-hybridized carbons (Fsp3) is 0.803. The maximum Gasteiger partial charge on any atom is 0.333 e. The number of aliphatic hydroxyl groups excluding tert-OH is 16. The maximum atomic E-state index is 13.5. The number of ether oxygens (including phenoxy) is 4. The number of hydrogen-bond acceptors (Lipinski definition) is 22. The molecule has 2 saturated heterocycles. The maximum absolute atomic E-state index is 13.5. The van der Waals surface area contributed by atoms with Crippen molar-refractivity contribution in [3.05, 3.63) is 59.8 Å². The predicted octanol–water partition coefficient (Wildman–Crippen LogP) is 1.05. The number of carbonyl (C=O) groups excluding carboxylic acids is 2. The Morgan fingerprint density at radius 1 is 0.578 bits per heavy atom. The Balaban J connectivity index is 1.88. The molecule has 2 fully saturated rings. The highest BCUT2D eigenvalue weighted by atomic mass is 16.7. The van der Waals surface area contributed by atoms with Gasteiger partial charge in [-0.2, -0.15) is 0 Å². The van der Waals surface area contributed by atoms with E-state index in [-0.39, 0.29) is 49.6 Å². The number of carbonyl (C=O) groups is 2. The van der Waals surface area contributed by atoms with E-state index >= 15 is 0 Å². The van der Waals surface area contributed by atoms with Crippen LogP contribution in [0.5, 0.6) is 0 Å². The molecular weight excluding hydrogens is 1080 g/mol. The summed E-state index contributed by atoms with van der Waals surface area (Å²) in [6.45, 7) is 14.2. The van der Waals surface area contributed by atoms with Crippen molar-refractivity contribution in [2.45, 2.75) is 262 Å². The fourth-order valence-electron chi connectivity index (χ4n) is 10.9. The average molecular weight is 1190 g/mol. The van der Waals surface area contributed by atoms with Gasteiger partial charge in [0.05, 0.1) is 79.9 Å². The van der Waals surface area contributed by atoms with Crippen molar-refractivity contribution in [1.29, 1.82) is 0 Å². The van der Waals surface area contributed by atoms with E-state index in [1.807, 2.05) is 13.0 Å². The molecule has 3 heterocycles. The molecule has 22 heteroatoms. The summed E-state index contributed by atoms with van der Waals surface area (Å²) in [5, 5.41) is 175. The molecule has 22 nitrogen and oxygen atoms in total. The molecule has 0 aromatic carbocycles. The van der Waals surface area contributed by atoms with Crippen LogP contribution in [0, 0.1) is 41.4 Å². The number of rotatable bonds is 5. The van der Waals surface area contributed by atoms with Gasteiger partial charge in [-0.1, -0.05) is 97.1 Å². The number of esters is 2. The van der Waals surface area contributed by atoms with Crippen LogP contribution in [-0.2, 0) is 28.5 Å². The van der Waals surface area contributed by atoms with E-state index in [1.54, 1.807) is 58.9 Å². The summed E-state index contributed by atoms with van der Waals surface area (Å²) < 4.78 is 22.9. The van der Waals surface area contributed by atoms with Crippen molar-refractivity contribution in [3.8, 4) is 0 Å². The lowest BCUT2D eigenvalue weighted by atomic mass is 9.82. The summed E-state index contributed by atoms with van der Waals surface area (Å²) in [5.74, 6) is -5.08. The normalized spacial score (nSPS) is 45.6. The van der Waals surface area contributed by atoms with Gasteiger partial charge in [-0.05, 0) is 76.7 Å². The molecule has 0 saturated carbocycles. The SMILES string of the molecule is C/C1=C\CC[C@H](C)[C@@H](O)[C@@H](C)[C@@H](O)CC/C=C/[C@H](C)[C@@H](O)/C=C/[C@H](C)[C@@H](O)/C(C)=C/[C@H](O[C@H]2O[C@H](CO)[C@@H](O)[C@H](O)[C@@H]2O)[C@H](O)C[C@@H](O)C[C@H](O)C[C@H](O)[C@H](C)[C@@H](O)[C@@H](C)[C@H](O)C[C@@H](O)C[C@H](O)/C=C/C[C@@H]([C@H](C)[C@H]2CCC(=O)O2)OC1=O.